The summed E-state index contributed by atoms with van der Waals surface area (Å²) in [4.78, 5) is 0. The third kappa shape index (κ3) is 3.32. The number of benzene rings is 1. The van der Waals surface area contributed by atoms with Crippen LogP contribution in [-0.4, -0.2) is 18.8 Å². The molecule has 0 aliphatic carbocycles. The van der Waals surface area contributed by atoms with Crippen LogP contribution in [0.2, 0.25) is 0 Å². The highest BCUT2D eigenvalue weighted by Gasteiger charge is 2.32. The minimum absolute atomic E-state index is 0.0939. The van der Waals surface area contributed by atoms with Crippen molar-refractivity contribution in [2.75, 3.05) is 24.2 Å². The fraction of sp³-hybridized carbons (Fsp3) is 0.538. The molecule has 1 aliphatic heterocycles. The minimum atomic E-state index is -4.37. The monoisotopic (exact) mass is 274 g/mol. The van der Waals surface area contributed by atoms with Crippen LogP contribution in [0.25, 0.3) is 0 Å². The number of hydrogen-bond acceptors (Lipinski definition) is 3. The van der Waals surface area contributed by atoms with Gasteiger partial charge in [0.25, 0.3) is 0 Å². The van der Waals surface area contributed by atoms with Gasteiger partial charge in [0.1, 0.15) is 0 Å². The molecule has 1 aromatic rings. The zero-order valence-corrected chi connectivity index (χ0v) is 10.7. The van der Waals surface area contributed by atoms with Crippen LogP contribution in [0.5, 0.6) is 0 Å². The summed E-state index contributed by atoms with van der Waals surface area (Å²) in [5.41, 5.74) is 5.24. The first-order valence-corrected chi connectivity index (χ1v) is 6.15. The molecule has 3 nitrogen and oxygen atoms in total. The standard InChI is InChI=1S/C13H17F3N2O/c1-12(5-2-6-19-12)8-18-11-4-3-9(7-10(11)17)13(14,15)16/h3-4,7,18H,2,5-6,8,17H2,1H3. The van der Waals surface area contributed by atoms with Gasteiger partial charge in [-0.2, -0.15) is 13.2 Å². The molecule has 1 heterocycles. The fourth-order valence-corrected chi connectivity index (χ4v) is 2.16. The summed E-state index contributed by atoms with van der Waals surface area (Å²) in [6, 6.07) is 3.33. The molecule has 1 fully saturated rings. The Morgan fingerprint density at radius 1 is 1.42 bits per heavy atom. The van der Waals surface area contributed by atoms with Crippen LogP contribution in [0.1, 0.15) is 25.3 Å². The number of rotatable bonds is 3. The Labute approximate surface area is 109 Å². The highest BCUT2D eigenvalue weighted by Crippen LogP contribution is 2.33. The van der Waals surface area contributed by atoms with Crippen molar-refractivity contribution in [1.29, 1.82) is 0 Å². The number of ether oxygens (including phenoxy) is 1. The molecular weight excluding hydrogens is 257 g/mol. The first-order chi connectivity index (χ1) is 8.80. The molecule has 1 unspecified atom stereocenters. The Balaban J connectivity index is 2.05. The summed E-state index contributed by atoms with van der Waals surface area (Å²) in [6.45, 7) is 3.23. The third-order valence-electron chi connectivity index (χ3n) is 3.33. The summed E-state index contributed by atoms with van der Waals surface area (Å²) in [5.74, 6) is 0. The zero-order valence-electron chi connectivity index (χ0n) is 10.7. The smallest absolute Gasteiger partial charge is 0.397 e. The second-order valence-electron chi connectivity index (χ2n) is 5.06. The number of nitrogens with two attached hydrogens (primary N) is 1. The van der Waals surface area contributed by atoms with E-state index < -0.39 is 11.7 Å². The Hall–Kier alpha value is -1.43. The van der Waals surface area contributed by atoms with Crippen LogP contribution >= 0.6 is 0 Å². The van der Waals surface area contributed by atoms with Gasteiger partial charge in [-0.15, -0.1) is 0 Å². The SMILES string of the molecule is CC1(CNc2ccc(C(F)(F)F)cc2N)CCCO1. The molecule has 2 rings (SSSR count). The van der Waals surface area contributed by atoms with Crippen molar-refractivity contribution in [1.82, 2.24) is 0 Å². The fourth-order valence-electron chi connectivity index (χ4n) is 2.16. The third-order valence-corrected chi connectivity index (χ3v) is 3.33. The summed E-state index contributed by atoms with van der Waals surface area (Å²) >= 11 is 0. The second kappa shape index (κ2) is 4.92. The van der Waals surface area contributed by atoms with Gasteiger partial charge >= 0.3 is 6.18 Å². The zero-order chi connectivity index (χ0) is 14.1. The lowest BCUT2D eigenvalue weighted by Gasteiger charge is -2.24. The average Bonchev–Trinajstić information content (AvgIpc) is 2.74. The lowest BCUT2D eigenvalue weighted by molar-refractivity contribution is -0.137. The van der Waals surface area contributed by atoms with Crippen molar-refractivity contribution in [3.63, 3.8) is 0 Å². The largest absolute Gasteiger partial charge is 0.416 e. The van der Waals surface area contributed by atoms with Crippen LogP contribution in [-0.2, 0) is 10.9 Å². The van der Waals surface area contributed by atoms with E-state index in [1.807, 2.05) is 6.92 Å². The lowest BCUT2D eigenvalue weighted by atomic mass is 10.0. The van der Waals surface area contributed by atoms with E-state index in [1.165, 1.54) is 6.07 Å². The molecule has 0 radical (unpaired) electrons. The van der Waals surface area contributed by atoms with Gasteiger partial charge in [0.2, 0.25) is 0 Å². The van der Waals surface area contributed by atoms with Crippen molar-refractivity contribution in [2.24, 2.45) is 0 Å². The van der Waals surface area contributed by atoms with Gasteiger partial charge in [0.05, 0.1) is 22.5 Å². The number of nitrogen functional groups attached to an aromatic ring is 1. The highest BCUT2D eigenvalue weighted by atomic mass is 19.4. The van der Waals surface area contributed by atoms with Gasteiger partial charge in [-0.3, -0.25) is 0 Å². The molecule has 1 aliphatic rings. The van der Waals surface area contributed by atoms with Crippen LogP contribution in [0.3, 0.4) is 0 Å². The van der Waals surface area contributed by atoms with Crippen molar-refractivity contribution >= 4 is 11.4 Å². The molecule has 0 aromatic heterocycles. The van der Waals surface area contributed by atoms with Gasteiger partial charge in [-0.1, -0.05) is 0 Å². The van der Waals surface area contributed by atoms with Crippen molar-refractivity contribution in [2.45, 2.75) is 31.5 Å². The van der Waals surface area contributed by atoms with E-state index in [0.717, 1.165) is 31.6 Å². The summed E-state index contributed by atoms with van der Waals surface area (Å²) in [6.07, 6.45) is -2.44. The highest BCUT2D eigenvalue weighted by molar-refractivity contribution is 5.67. The van der Waals surface area contributed by atoms with Crippen LogP contribution in [0.15, 0.2) is 18.2 Å². The molecule has 1 atom stereocenters. The van der Waals surface area contributed by atoms with Crippen LogP contribution < -0.4 is 11.1 Å². The summed E-state index contributed by atoms with van der Waals surface area (Å²) in [5, 5.41) is 3.06. The predicted molar refractivity (Wildman–Crippen MR) is 67.9 cm³/mol. The second-order valence-corrected chi connectivity index (χ2v) is 5.06. The molecular formula is C13H17F3N2O. The Morgan fingerprint density at radius 3 is 2.68 bits per heavy atom. The topological polar surface area (TPSA) is 47.3 Å². The van der Waals surface area contributed by atoms with Crippen molar-refractivity contribution < 1.29 is 17.9 Å². The Morgan fingerprint density at radius 2 is 2.16 bits per heavy atom. The Bertz CT molecular complexity index is 454. The van der Waals surface area contributed by atoms with Gasteiger partial charge in [0.15, 0.2) is 0 Å². The van der Waals surface area contributed by atoms with E-state index in [0.29, 0.717) is 12.2 Å². The van der Waals surface area contributed by atoms with Gasteiger partial charge in [-0.25, -0.2) is 0 Å². The molecule has 106 valence electrons. The van der Waals surface area contributed by atoms with Crippen LogP contribution in [0.4, 0.5) is 24.5 Å². The van der Waals surface area contributed by atoms with Gasteiger partial charge < -0.3 is 15.8 Å². The Kier molecular flexibility index (Phi) is 3.62. The summed E-state index contributed by atoms with van der Waals surface area (Å²) < 4.78 is 43.1. The number of nitrogens with one attached hydrogen (secondary N) is 1. The van der Waals surface area contributed by atoms with E-state index in [1.54, 1.807) is 0 Å². The first-order valence-electron chi connectivity index (χ1n) is 6.15. The van der Waals surface area contributed by atoms with Crippen molar-refractivity contribution in [3.05, 3.63) is 23.8 Å². The maximum atomic E-state index is 12.5. The molecule has 0 saturated carbocycles. The summed E-state index contributed by atoms with van der Waals surface area (Å²) in [7, 11) is 0. The lowest BCUT2D eigenvalue weighted by Crippen LogP contribution is -2.32. The molecule has 19 heavy (non-hydrogen) atoms. The quantitative estimate of drug-likeness (QED) is 0.832. The van der Waals surface area contributed by atoms with E-state index in [4.69, 9.17) is 10.5 Å². The average molecular weight is 274 g/mol. The molecule has 6 heteroatoms. The van der Waals surface area contributed by atoms with Crippen LogP contribution in [0, 0.1) is 0 Å². The normalized spacial score (nSPS) is 23.6. The molecule has 3 N–H and O–H groups in total. The molecule has 1 saturated heterocycles. The number of alkyl halides is 3. The van der Waals surface area contributed by atoms with Crippen molar-refractivity contribution in [3.8, 4) is 0 Å². The molecule has 0 amide bonds. The molecule has 0 spiro atoms. The van der Waals surface area contributed by atoms with E-state index in [2.05, 4.69) is 5.32 Å². The van der Waals surface area contributed by atoms with Gasteiger partial charge in [-0.05, 0) is 38.0 Å². The van der Waals surface area contributed by atoms with Gasteiger partial charge in [0, 0.05) is 13.2 Å². The van der Waals surface area contributed by atoms with E-state index in [-0.39, 0.29) is 11.3 Å². The van der Waals surface area contributed by atoms with E-state index >= 15 is 0 Å². The predicted octanol–water partition coefficient (Wildman–Crippen LogP) is 3.27. The van der Waals surface area contributed by atoms with E-state index in [9.17, 15) is 13.2 Å². The molecule has 0 bridgehead atoms. The minimum Gasteiger partial charge on any atom is -0.397 e. The molecule has 1 aromatic carbocycles. The maximum Gasteiger partial charge on any atom is 0.416 e. The number of anilines is 2. The maximum absolute atomic E-state index is 12.5. The first kappa shape index (κ1) is 14.0. The number of halogens is 3. The number of hydrogen-bond donors (Lipinski definition) is 2.